The van der Waals surface area contributed by atoms with Crippen molar-refractivity contribution in [1.29, 1.82) is 0 Å². The number of anilines is 1. The standard InChI is InChI=1S/C18H27N5O/c1-13-9-14(2)22-18-16(13)17(20-12-21-18)19-10-15-5-7-23(11-15)6-4-8-24-3/h9,12,15H,4-8,10-11H2,1-3H3,(H,19,20,21,22)/t15-/m0/s1. The predicted molar refractivity (Wildman–Crippen MR) is 96.3 cm³/mol. The number of hydrogen-bond acceptors (Lipinski definition) is 6. The maximum Gasteiger partial charge on any atom is 0.165 e. The van der Waals surface area contributed by atoms with E-state index in [0.29, 0.717) is 5.92 Å². The molecule has 1 fully saturated rings. The van der Waals surface area contributed by atoms with E-state index in [1.807, 2.05) is 6.92 Å². The van der Waals surface area contributed by atoms with Gasteiger partial charge in [0.15, 0.2) is 5.65 Å². The quantitative estimate of drug-likeness (QED) is 0.787. The first-order valence-corrected chi connectivity index (χ1v) is 8.71. The Balaban J connectivity index is 1.61. The molecular weight excluding hydrogens is 302 g/mol. The summed E-state index contributed by atoms with van der Waals surface area (Å²) >= 11 is 0. The van der Waals surface area contributed by atoms with Gasteiger partial charge in [0.2, 0.25) is 0 Å². The van der Waals surface area contributed by atoms with E-state index in [1.54, 1.807) is 13.4 Å². The summed E-state index contributed by atoms with van der Waals surface area (Å²) in [6.45, 7) is 9.34. The second-order valence-electron chi connectivity index (χ2n) is 6.68. The highest BCUT2D eigenvalue weighted by atomic mass is 16.5. The number of nitrogens with zero attached hydrogens (tertiary/aromatic N) is 4. The van der Waals surface area contributed by atoms with Crippen molar-refractivity contribution in [2.45, 2.75) is 26.7 Å². The third-order valence-corrected chi connectivity index (χ3v) is 4.68. The normalized spacial score (nSPS) is 18.4. The summed E-state index contributed by atoms with van der Waals surface area (Å²) < 4.78 is 5.14. The Morgan fingerprint density at radius 1 is 1.33 bits per heavy atom. The summed E-state index contributed by atoms with van der Waals surface area (Å²) in [7, 11) is 1.76. The van der Waals surface area contributed by atoms with E-state index in [2.05, 4.69) is 38.2 Å². The molecule has 3 rings (SSSR count). The van der Waals surface area contributed by atoms with Gasteiger partial charge in [0.05, 0.1) is 5.39 Å². The van der Waals surface area contributed by atoms with E-state index in [4.69, 9.17) is 4.74 Å². The lowest BCUT2D eigenvalue weighted by molar-refractivity contribution is 0.178. The van der Waals surface area contributed by atoms with Gasteiger partial charge in [-0.2, -0.15) is 0 Å². The summed E-state index contributed by atoms with van der Waals surface area (Å²) in [5, 5.41) is 4.58. The number of methoxy groups -OCH3 is 1. The zero-order chi connectivity index (χ0) is 16.9. The van der Waals surface area contributed by atoms with Gasteiger partial charge in [-0.1, -0.05) is 0 Å². The molecule has 3 heterocycles. The van der Waals surface area contributed by atoms with Gasteiger partial charge >= 0.3 is 0 Å². The Morgan fingerprint density at radius 3 is 3.04 bits per heavy atom. The maximum atomic E-state index is 5.14. The van der Waals surface area contributed by atoms with Crippen LogP contribution in [0.2, 0.25) is 0 Å². The zero-order valence-electron chi connectivity index (χ0n) is 14.9. The Labute approximate surface area is 143 Å². The molecule has 0 amide bonds. The number of aryl methyl sites for hydroxylation is 2. The SMILES string of the molecule is COCCCN1CC[C@@H](CNc2ncnc3nc(C)cc(C)c23)C1. The van der Waals surface area contributed by atoms with Crippen LogP contribution in [-0.2, 0) is 4.74 Å². The topological polar surface area (TPSA) is 63.2 Å². The number of fused-ring (bicyclic) bond motifs is 1. The van der Waals surface area contributed by atoms with Crippen molar-refractivity contribution in [1.82, 2.24) is 19.9 Å². The fourth-order valence-corrected chi connectivity index (χ4v) is 3.50. The third-order valence-electron chi connectivity index (χ3n) is 4.68. The Morgan fingerprint density at radius 2 is 2.21 bits per heavy atom. The summed E-state index contributed by atoms with van der Waals surface area (Å²) in [6, 6.07) is 2.09. The monoisotopic (exact) mass is 329 g/mol. The number of nitrogens with one attached hydrogen (secondary N) is 1. The van der Waals surface area contributed by atoms with E-state index in [0.717, 1.165) is 55.2 Å². The van der Waals surface area contributed by atoms with Crippen molar-refractivity contribution < 1.29 is 4.74 Å². The summed E-state index contributed by atoms with van der Waals surface area (Å²) in [4.78, 5) is 15.8. The van der Waals surface area contributed by atoms with Crippen molar-refractivity contribution in [3.63, 3.8) is 0 Å². The van der Waals surface area contributed by atoms with Crippen molar-refractivity contribution >= 4 is 16.9 Å². The highest BCUT2D eigenvalue weighted by molar-refractivity contribution is 5.89. The van der Waals surface area contributed by atoms with Crippen molar-refractivity contribution in [2.24, 2.45) is 5.92 Å². The van der Waals surface area contributed by atoms with Crippen LogP contribution < -0.4 is 5.32 Å². The molecule has 2 aromatic rings. The average molecular weight is 329 g/mol. The van der Waals surface area contributed by atoms with E-state index < -0.39 is 0 Å². The Kier molecular flexibility index (Phi) is 5.58. The lowest BCUT2D eigenvalue weighted by atomic mass is 10.1. The van der Waals surface area contributed by atoms with E-state index >= 15 is 0 Å². The van der Waals surface area contributed by atoms with Crippen LogP contribution in [0, 0.1) is 19.8 Å². The molecule has 1 N–H and O–H groups in total. The predicted octanol–water partition coefficient (Wildman–Crippen LogP) is 2.41. The van der Waals surface area contributed by atoms with Crippen LogP contribution >= 0.6 is 0 Å². The number of pyridine rings is 1. The van der Waals surface area contributed by atoms with E-state index in [-0.39, 0.29) is 0 Å². The van der Waals surface area contributed by atoms with Gasteiger partial charge in [-0.15, -0.1) is 0 Å². The summed E-state index contributed by atoms with van der Waals surface area (Å²) in [5.41, 5.74) is 2.94. The fraction of sp³-hybridized carbons (Fsp3) is 0.611. The van der Waals surface area contributed by atoms with Crippen LogP contribution in [-0.4, -0.2) is 59.7 Å². The van der Waals surface area contributed by atoms with E-state index in [9.17, 15) is 0 Å². The van der Waals surface area contributed by atoms with Gasteiger partial charge < -0.3 is 15.0 Å². The Hall–Kier alpha value is -1.79. The van der Waals surface area contributed by atoms with Crippen LogP contribution in [0.1, 0.15) is 24.1 Å². The number of aromatic nitrogens is 3. The van der Waals surface area contributed by atoms with Gasteiger partial charge in [-0.25, -0.2) is 15.0 Å². The largest absolute Gasteiger partial charge is 0.385 e. The van der Waals surface area contributed by atoms with Crippen LogP contribution in [0.5, 0.6) is 0 Å². The minimum absolute atomic E-state index is 0.663. The van der Waals surface area contributed by atoms with Gasteiger partial charge in [0.1, 0.15) is 12.1 Å². The van der Waals surface area contributed by atoms with Crippen LogP contribution in [0.4, 0.5) is 5.82 Å². The molecule has 0 spiro atoms. The molecule has 0 unspecified atom stereocenters. The lowest BCUT2D eigenvalue weighted by Gasteiger charge is -2.16. The molecule has 0 aromatic carbocycles. The van der Waals surface area contributed by atoms with Crippen molar-refractivity contribution in [3.05, 3.63) is 23.7 Å². The lowest BCUT2D eigenvalue weighted by Crippen LogP contribution is -2.25. The molecular formula is C18H27N5O. The molecule has 0 bridgehead atoms. The first-order valence-electron chi connectivity index (χ1n) is 8.71. The number of rotatable bonds is 7. The van der Waals surface area contributed by atoms with Gasteiger partial charge in [-0.05, 0) is 50.8 Å². The molecule has 1 aliphatic heterocycles. The second kappa shape index (κ2) is 7.85. The van der Waals surface area contributed by atoms with E-state index in [1.165, 1.54) is 18.5 Å². The molecule has 2 aromatic heterocycles. The molecule has 1 saturated heterocycles. The summed E-state index contributed by atoms with van der Waals surface area (Å²) in [5.74, 6) is 1.57. The molecule has 6 heteroatoms. The Bertz CT molecular complexity index is 690. The zero-order valence-corrected chi connectivity index (χ0v) is 14.9. The molecule has 1 atom stereocenters. The number of hydrogen-bond donors (Lipinski definition) is 1. The second-order valence-corrected chi connectivity index (χ2v) is 6.68. The average Bonchev–Trinajstić information content (AvgIpc) is 3.00. The van der Waals surface area contributed by atoms with Crippen LogP contribution in [0.25, 0.3) is 11.0 Å². The highest BCUT2D eigenvalue weighted by Gasteiger charge is 2.22. The maximum absolute atomic E-state index is 5.14. The molecule has 24 heavy (non-hydrogen) atoms. The molecule has 0 saturated carbocycles. The minimum atomic E-state index is 0.663. The summed E-state index contributed by atoms with van der Waals surface area (Å²) in [6.07, 6.45) is 3.94. The number of ether oxygens (including phenoxy) is 1. The van der Waals surface area contributed by atoms with Crippen molar-refractivity contribution in [2.75, 3.05) is 45.2 Å². The fourth-order valence-electron chi connectivity index (χ4n) is 3.50. The molecule has 0 radical (unpaired) electrons. The highest BCUT2D eigenvalue weighted by Crippen LogP contribution is 2.24. The van der Waals surface area contributed by atoms with Gasteiger partial charge in [-0.3, -0.25) is 0 Å². The molecule has 6 nitrogen and oxygen atoms in total. The third kappa shape index (κ3) is 3.99. The number of likely N-dealkylation sites (tertiary alicyclic amines) is 1. The minimum Gasteiger partial charge on any atom is -0.385 e. The molecule has 0 aliphatic carbocycles. The first kappa shape index (κ1) is 17.0. The first-order chi connectivity index (χ1) is 11.7. The van der Waals surface area contributed by atoms with Crippen LogP contribution in [0.3, 0.4) is 0 Å². The molecule has 1 aliphatic rings. The van der Waals surface area contributed by atoms with Crippen LogP contribution in [0.15, 0.2) is 12.4 Å². The van der Waals surface area contributed by atoms with Crippen molar-refractivity contribution in [3.8, 4) is 0 Å². The smallest absolute Gasteiger partial charge is 0.165 e. The van der Waals surface area contributed by atoms with Gasteiger partial charge in [0.25, 0.3) is 0 Å². The molecule has 130 valence electrons. The van der Waals surface area contributed by atoms with Gasteiger partial charge in [0, 0.05) is 39.0 Å².